The number of benzene rings is 8. The molecular weight excluding hydrogens is 657 g/mol. The smallest absolute Gasteiger partial charge is 0.0628 e. The number of nitrogens with zero attached hydrogens (tertiary/aromatic N) is 4. The van der Waals surface area contributed by atoms with Gasteiger partial charge < -0.3 is 18.6 Å². The van der Waals surface area contributed by atoms with Gasteiger partial charge in [0.15, 0.2) is 0 Å². The van der Waals surface area contributed by atoms with Crippen molar-refractivity contribution >= 4 is 71.6 Å². The van der Waals surface area contributed by atoms with Crippen LogP contribution >= 0.6 is 0 Å². The Morgan fingerprint density at radius 3 is 1.59 bits per heavy atom. The van der Waals surface area contributed by atoms with Gasteiger partial charge in [-0.2, -0.15) is 0 Å². The summed E-state index contributed by atoms with van der Waals surface area (Å²) < 4.78 is 7.10. The first-order chi connectivity index (χ1) is 26.8. The molecule has 0 aliphatic rings. The Labute approximate surface area is 312 Å². The standard InChI is InChI=1S/C50H34N4/c1-4-14-36(15-5-1)51-33-32-35-24-30-48-49(50(35)51)43-21-11-13-23-46(43)54(48)40-27-25-39(26-28-40)52(37-16-6-2-7-17-37)41-29-31-47-44(34-41)42-20-10-12-22-45(42)53(47)38-18-8-3-9-19-38/h1-34H. The fourth-order valence-corrected chi connectivity index (χ4v) is 8.49. The summed E-state index contributed by atoms with van der Waals surface area (Å²) in [5, 5.41) is 6.19. The fourth-order valence-electron chi connectivity index (χ4n) is 8.49. The zero-order valence-corrected chi connectivity index (χ0v) is 29.4. The Kier molecular flexibility index (Phi) is 6.82. The molecule has 0 saturated carbocycles. The van der Waals surface area contributed by atoms with Crippen LogP contribution in [0.15, 0.2) is 206 Å². The third-order valence-electron chi connectivity index (χ3n) is 10.8. The molecule has 0 radical (unpaired) electrons. The van der Waals surface area contributed by atoms with Crippen molar-refractivity contribution in [1.82, 2.24) is 13.7 Å². The number of anilines is 3. The average Bonchev–Trinajstić information content (AvgIpc) is 3.92. The van der Waals surface area contributed by atoms with E-state index in [0.29, 0.717) is 0 Å². The topological polar surface area (TPSA) is 18.0 Å². The lowest BCUT2D eigenvalue weighted by molar-refractivity contribution is 1.13. The lowest BCUT2D eigenvalue weighted by Gasteiger charge is -2.26. The first-order valence-corrected chi connectivity index (χ1v) is 18.4. The van der Waals surface area contributed by atoms with Crippen LogP contribution in [0.3, 0.4) is 0 Å². The van der Waals surface area contributed by atoms with Crippen LogP contribution in [-0.4, -0.2) is 13.7 Å². The summed E-state index contributed by atoms with van der Waals surface area (Å²) in [5.74, 6) is 0. The molecule has 0 saturated heterocycles. The van der Waals surface area contributed by atoms with Crippen LogP contribution in [0.4, 0.5) is 17.1 Å². The summed E-state index contributed by atoms with van der Waals surface area (Å²) in [6, 6.07) is 72.1. The number of hydrogen-bond acceptors (Lipinski definition) is 1. The molecule has 54 heavy (non-hydrogen) atoms. The Balaban J connectivity index is 1.08. The first kappa shape index (κ1) is 30.3. The Morgan fingerprint density at radius 1 is 0.333 bits per heavy atom. The lowest BCUT2D eigenvalue weighted by atomic mass is 10.1. The molecule has 4 nitrogen and oxygen atoms in total. The monoisotopic (exact) mass is 690 g/mol. The third kappa shape index (κ3) is 4.64. The largest absolute Gasteiger partial charge is 0.316 e. The number of hydrogen-bond donors (Lipinski definition) is 0. The molecule has 0 amide bonds. The molecule has 0 N–H and O–H groups in total. The van der Waals surface area contributed by atoms with E-state index in [4.69, 9.17) is 0 Å². The van der Waals surface area contributed by atoms with E-state index >= 15 is 0 Å². The maximum absolute atomic E-state index is 2.41. The molecule has 8 aromatic carbocycles. The molecular formula is C50H34N4. The quantitative estimate of drug-likeness (QED) is 0.170. The molecule has 0 atom stereocenters. The van der Waals surface area contributed by atoms with E-state index in [2.05, 4.69) is 225 Å². The van der Waals surface area contributed by atoms with Crippen LogP contribution < -0.4 is 4.90 Å². The van der Waals surface area contributed by atoms with E-state index in [1.165, 1.54) is 54.5 Å². The predicted molar refractivity (Wildman–Crippen MR) is 227 cm³/mol. The highest BCUT2D eigenvalue weighted by Crippen LogP contribution is 2.42. The van der Waals surface area contributed by atoms with E-state index in [1.54, 1.807) is 0 Å². The Hall–Kier alpha value is -7.30. The molecule has 0 fully saturated rings. The highest BCUT2D eigenvalue weighted by Gasteiger charge is 2.20. The van der Waals surface area contributed by atoms with Crippen LogP contribution in [0.25, 0.3) is 71.6 Å². The maximum atomic E-state index is 2.41. The van der Waals surface area contributed by atoms with Gasteiger partial charge in [-0.15, -0.1) is 0 Å². The minimum Gasteiger partial charge on any atom is -0.316 e. The number of rotatable bonds is 6. The van der Waals surface area contributed by atoms with Crippen LogP contribution in [0, 0.1) is 0 Å². The molecule has 4 heteroatoms. The number of fused-ring (bicyclic) bond motifs is 8. The van der Waals surface area contributed by atoms with Gasteiger partial charge in [-0.1, -0.05) is 97.1 Å². The van der Waals surface area contributed by atoms with Gasteiger partial charge in [0.05, 0.1) is 27.6 Å². The van der Waals surface area contributed by atoms with Gasteiger partial charge >= 0.3 is 0 Å². The average molecular weight is 691 g/mol. The Morgan fingerprint density at radius 2 is 0.852 bits per heavy atom. The SMILES string of the molecule is c1ccc(N(c2ccc(-n3c4ccccc4c4c5c(ccc43)ccn5-c3ccccc3)cc2)c2ccc3c(c2)c2ccccc2n3-c2ccccc2)cc1. The molecule has 3 aromatic heterocycles. The second-order valence-corrected chi connectivity index (χ2v) is 13.8. The van der Waals surface area contributed by atoms with Crippen LogP contribution in [-0.2, 0) is 0 Å². The van der Waals surface area contributed by atoms with Crippen LogP contribution in [0.5, 0.6) is 0 Å². The molecule has 0 aliphatic carbocycles. The molecule has 254 valence electrons. The minimum atomic E-state index is 1.09. The molecule has 0 bridgehead atoms. The van der Waals surface area contributed by atoms with E-state index in [1.807, 2.05) is 0 Å². The van der Waals surface area contributed by atoms with Crippen molar-refractivity contribution < 1.29 is 0 Å². The summed E-state index contributed by atoms with van der Waals surface area (Å²) in [5.41, 5.74) is 12.7. The zero-order chi connectivity index (χ0) is 35.6. The molecule has 11 aromatic rings. The van der Waals surface area contributed by atoms with Crippen LogP contribution in [0.2, 0.25) is 0 Å². The zero-order valence-electron chi connectivity index (χ0n) is 29.4. The molecule has 0 aliphatic heterocycles. The van der Waals surface area contributed by atoms with Gasteiger partial charge in [0.1, 0.15) is 0 Å². The maximum Gasteiger partial charge on any atom is 0.0628 e. The van der Waals surface area contributed by atoms with Crippen molar-refractivity contribution in [2.24, 2.45) is 0 Å². The summed E-state index contributed by atoms with van der Waals surface area (Å²) >= 11 is 0. The third-order valence-corrected chi connectivity index (χ3v) is 10.8. The van der Waals surface area contributed by atoms with Crippen molar-refractivity contribution in [3.05, 3.63) is 206 Å². The van der Waals surface area contributed by atoms with Gasteiger partial charge in [-0.05, 0) is 103 Å². The van der Waals surface area contributed by atoms with E-state index in [9.17, 15) is 0 Å². The second kappa shape index (κ2) is 12.1. The summed E-state index contributed by atoms with van der Waals surface area (Å²) in [4.78, 5) is 2.36. The molecule has 3 heterocycles. The predicted octanol–water partition coefficient (Wildman–Crippen LogP) is 13.3. The fraction of sp³-hybridized carbons (Fsp3) is 0. The van der Waals surface area contributed by atoms with Crippen molar-refractivity contribution in [2.45, 2.75) is 0 Å². The summed E-state index contributed by atoms with van der Waals surface area (Å²) in [6.45, 7) is 0. The van der Waals surface area contributed by atoms with Crippen LogP contribution in [0.1, 0.15) is 0 Å². The Bertz CT molecular complexity index is 3130. The van der Waals surface area contributed by atoms with Crippen molar-refractivity contribution in [3.8, 4) is 17.1 Å². The van der Waals surface area contributed by atoms with Gasteiger partial charge in [-0.3, -0.25) is 0 Å². The van der Waals surface area contributed by atoms with E-state index < -0.39 is 0 Å². The van der Waals surface area contributed by atoms with E-state index in [0.717, 1.165) is 34.1 Å². The first-order valence-electron chi connectivity index (χ1n) is 18.4. The summed E-state index contributed by atoms with van der Waals surface area (Å²) in [6.07, 6.45) is 2.19. The van der Waals surface area contributed by atoms with Gasteiger partial charge in [0, 0.05) is 67.3 Å². The normalized spacial score (nSPS) is 11.7. The van der Waals surface area contributed by atoms with Gasteiger partial charge in [-0.25, -0.2) is 0 Å². The lowest BCUT2D eigenvalue weighted by Crippen LogP contribution is -2.10. The van der Waals surface area contributed by atoms with Crippen molar-refractivity contribution in [1.29, 1.82) is 0 Å². The minimum absolute atomic E-state index is 1.09. The number of aromatic nitrogens is 3. The van der Waals surface area contributed by atoms with Gasteiger partial charge in [0.25, 0.3) is 0 Å². The van der Waals surface area contributed by atoms with E-state index in [-0.39, 0.29) is 0 Å². The molecule has 11 rings (SSSR count). The highest BCUT2D eigenvalue weighted by atomic mass is 15.1. The second-order valence-electron chi connectivity index (χ2n) is 13.8. The molecule has 0 spiro atoms. The van der Waals surface area contributed by atoms with Gasteiger partial charge in [0.2, 0.25) is 0 Å². The van der Waals surface area contributed by atoms with Crippen molar-refractivity contribution in [3.63, 3.8) is 0 Å². The highest BCUT2D eigenvalue weighted by molar-refractivity contribution is 6.21. The molecule has 0 unspecified atom stereocenters. The van der Waals surface area contributed by atoms with Crippen molar-refractivity contribution in [2.75, 3.05) is 4.90 Å². The number of para-hydroxylation sites is 5. The summed E-state index contributed by atoms with van der Waals surface area (Å²) in [7, 11) is 0.